The van der Waals surface area contributed by atoms with Crippen molar-refractivity contribution in [2.75, 3.05) is 33.3 Å². The smallest absolute Gasteiger partial charge is 0.270 e. The van der Waals surface area contributed by atoms with E-state index in [2.05, 4.69) is 4.98 Å². The van der Waals surface area contributed by atoms with Crippen LogP contribution in [0.5, 0.6) is 5.75 Å². The standard InChI is InChI=1S/C19H23N3O3/c1-25-17-7-3-2-5-15(17)8-9-18(23)21-11-13-22(14-12-21)19(24)16-6-4-10-20-16/h2-7,10,20H,8-9,11-14H2,1H3. The van der Waals surface area contributed by atoms with E-state index in [1.165, 1.54) is 0 Å². The van der Waals surface area contributed by atoms with E-state index in [1.807, 2.05) is 35.2 Å². The lowest BCUT2D eigenvalue weighted by atomic mass is 10.1. The lowest BCUT2D eigenvalue weighted by Gasteiger charge is -2.34. The number of aromatic nitrogens is 1. The average Bonchev–Trinajstić information content (AvgIpc) is 3.20. The zero-order valence-electron chi connectivity index (χ0n) is 14.4. The summed E-state index contributed by atoms with van der Waals surface area (Å²) < 4.78 is 5.33. The number of amides is 2. The summed E-state index contributed by atoms with van der Waals surface area (Å²) in [5, 5.41) is 0. The molecule has 2 amide bonds. The quantitative estimate of drug-likeness (QED) is 0.904. The highest BCUT2D eigenvalue weighted by molar-refractivity contribution is 5.92. The maximum absolute atomic E-state index is 12.5. The fourth-order valence-electron chi connectivity index (χ4n) is 3.10. The molecule has 3 rings (SSSR count). The van der Waals surface area contributed by atoms with Crippen LogP contribution in [0.1, 0.15) is 22.5 Å². The van der Waals surface area contributed by atoms with Gasteiger partial charge in [-0.05, 0) is 30.2 Å². The number of aromatic amines is 1. The maximum Gasteiger partial charge on any atom is 0.270 e. The Morgan fingerprint density at radius 3 is 2.44 bits per heavy atom. The third kappa shape index (κ3) is 4.02. The molecule has 1 aromatic heterocycles. The molecule has 6 nitrogen and oxygen atoms in total. The molecule has 1 saturated heterocycles. The minimum absolute atomic E-state index is 0.00822. The zero-order valence-corrected chi connectivity index (χ0v) is 14.4. The van der Waals surface area contributed by atoms with Crippen molar-refractivity contribution in [2.45, 2.75) is 12.8 Å². The maximum atomic E-state index is 12.5. The van der Waals surface area contributed by atoms with Gasteiger partial charge in [0.25, 0.3) is 5.91 Å². The van der Waals surface area contributed by atoms with Crippen molar-refractivity contribution in [3.8, 4) is 5.75 Å². The van der Waals surface area contributed by atoms with Gasteiger partial charge in [-0.2, -0.15) is 0 Å². The van der Waals surface area contributed by atoms with Gasteiger partial charge in [-0.25, -0.2) is 0 Å². The summed E-state index contributed by atoms with van der Waals surface area (Å²) in [6.45, 7) is 2.30. The summed E-state index contributed by atoms with van der Waals surface area (Å²) in [5.74, 6) is 0.931. The summed E-state index contributed by atoms with van der Waals surface area (Å²) in [4.78, 5) is 31.3. The Kier molecular flexibility index (Phi) is 5.38. The number of hydrogen-bond acceptors (Lipinski definition) is 3. The molecule has 132 valence electrons. The molecule has 0 radical (unpaired) electrons. The number of methoxy groups -OCH3 is 1. The molecule has 1 aliphatic rings. The van der Waals surface area contributed by atoms with Gasteiger partial charge < -0.3 is 19.5 Å². The van der Waals surface area contributed by atoms with Crippen LogP contribution in [0.4, 0.5) is 0 Å². The molecule has 0 bridgehead atoms. The minimum atomic E-state index is -0.00822. The normalized spacial score (nSPS) is 14.4. The number of H-pyrrole nitrogens is 1. The van der Waals surface area contributed by atoms with Gasteiger partial charge in [0.15, 0.2) is 0 Å². The van der Waals surface area contributed by atoms with Gasteiger partial charge >= 0.3 is 0 Å². The first-order valence-corrected chi connectivity index (χ1v) is 8.51. The van der Waals surface area contributed by atoms with Crippen molar-refractivity contribution < 1.29 is 14.3 Å². The largest absolute Gasteiger partial charge is 0.496 e. The Hall–Kier alpha value is -2.76. The van der Waals surface area contributed by atoms with Crippen LogP contribution in [0.3, 0.4) is 0 Å². The fourth-order valence-corrected chi connectivity index (χ4v) is 3.10. The fraction of sp³-hybridized carbons (Fsp3) is 0.368. The average molecular weight is 341 g/mol. The van der Waals surface area contributed by atoms with Gasteiger partial charge in [-0.1, -0.05) is 18.2 Å². The highest BCUT2D eigenvalue weighted by Gasteiger charge is 2.25. The Morgan fingerprint density at radius 2 is 1.76 bits per heavy atom. The molecule has 25 heavy (non-hydrogen) atoms. The van der Waals surface area contributed by atoms with Crippen LogP contribution in [0, 0.1) is 0 Å². The number of benzene rings is 1. The molecule has 0 atom stereocenters. The number of ether oxygens (including phenoxy) is 1. The number of nitrogens with one attached hydrogen (secondary N) is 1. The number of piperazine rings is 1. The van der Waals surface area contributed by atoms with Crippen molar-refractivity contribution in [1.82, 2.24) is 14.8 Å². The van der Waals surface area contributed by atoms with Gasteiger partial charge in [-0.3, -0.25) is 9.59 Å². The van der Waals surface area contributed by atoms with Crippen LogP contribution in [-0.4, -0.2) is 59.9 Å². The minimum Gasteiger partial charge on any atom is -0.496 e. The van der Waals surface area contributed by atoms with E-state index in [4.69, 9.17) is 4.74 Å². The van der Waals surface area contributed by atoms with Gasteiger partial charge in [0.05, 0.1) is 7.11 Å². The second-order valence-electron chi connectivity index (χ2n) is 6.07. The van der Waals surface area contributed by atoms with E-state index < -0.39 is 0 Å². The number of hydrogen-bond donors (Lipinski definition) is 1. The topological polar surface area (TPSA) is 65.6 Å². The molecule has 1 aromatic carbocycles. The molecule has 1 fully saturated rings. The second-order valence-corrected chi connectivity index (χ2v) is 6.07. The summed E-state index contributed by atoms with van der Waals surface area (Å²) in [7, 11) is 1.64. The SMILES string of the molecule is COc1ccccc1CCC(=O)N1CCN(C(=O)c2ccc[nH]2)CC1. The van der Waals surface area contributed by atoms with E-state index in [1.54, 1.807) is 24.3 Å². The van der Waals surface area contributed by atoms with Gasteiger partial charge in [-0.15, -0.1) is 0 Å². The molecule has 0 saturated carbocycles. The van der Waals surface area contributed by atoms with E-state index in [9.17, 15) is 9.59 Å². The monoisotopic (exact) mass is 341 g/mol. The van der Waals surface area contributed by atoms with Crippen molar-refractivity contribution in [3.05, 3.63) is 53.9 Å². The van der Waals surface area contributed by atoms with Crippen LogP contribution >= 0.6 is 0 Å². The number of carbonyl (C=O) groups excluding carboxylic acids is 2. The summed E-state index contributed by atoms with van der Waals surface area (Å²) >= 11 is 0. The summed E-state index contributed by atoms with van der Waals surface area (Å²) in [5.41, 5.74) is 1.63. The lowest BCUT2D eigenvalue weighted by molar-refractivity contribution is -0.132. The number of rotatable bonds is 5. The zero-order chi connectivity index (χ0) is 17.6. The third-order valence-electron chi connectivity index (χ3n) is 4.55. The second kappa shape index (κ2) is 7.88. The van der Waals surface area contributed by atoms with E-state index in [0.29, 0.717) is 44.7 Å². The Bertz CT molecular complexity index is 719. The first-order chi connectivity index (χ1) is 12.2. The number of para-hydroxylation sites is 1. The number of nitrogens with zero attached hydrogens (tertiary/aromatic N) is 2. The highest BCUT2D eigenvalue weighted by Crippen LogP contribution is 2.19. The lowest BCUT2D eigenvalue weighted by Crippen LogP contribution is -2.50. The van der Waals surface area contributed by atoms with Crippen molar-refractivity contribution >= 4 is 11.8 Å². The van der Waals surface area contributed by atoms with Crippen LogP contribution < -0.4 is 4.74 Å². The Labute approximate surface area is 147 Å². The molecule has 0 unspecified atom stereocenters. The van der Waals surface area contributed by atoms with Gasteiger partial charge in [0, 0.05) is 38.8 Å². The molecule has 6 heteroatoms. The van der Waals surface area contributed by atoms with Crippen molar-refractivity contribution in [3.63, 3.8) is 0 Å². The molecule has 0 spiro atoms. The highest BCUT2D eigenvalue weighted by atomic mass is 16.5. The first kappa shape index (κ1) is 17.1. The number of aryl methyl sites for hydroxylation is 1. The van der Waals surface area contributed by atoms with Crippen molar-refractivity contribution in [1.29, 1.82) is 0 Å². The Morgan fingerprint density at radius 1 is 1.04 bits per heavy atom. The third-order valence-corrected chi connectivity index (χ3v) is 4.55. The number of carbonyl (C=O) groups is 2. The van der Waals surface area contributed by atoms with E-state index in [-0.39, 0.29) is 11.8 Å². The molecule has 2 heterocycles. The first-order valence-electron chi connectivity index (χ1n) is 8.51. The van der Waals surface area contributed by atoms with Gasteiger partial charge in [0.2, 0.25) is 5.91 Å². The Balaban J connectivity index is 1.49. The van der Waals surface area contributed by atoms with E-state index in [0.717, 1.165) is 11.3 Å². The molecule has 2 aromatic rings. The van der Waals surface area contributed by atoms with Crippen LogP contribution in [0.2, 0.25) is 0 Å². The molecule has 1 N–H and O–H groups in total. The van der Waals surface area contributed by atoms with Crippen LogP contribution in [0.25, 0.3) is 0 Å². The predicted molar refractivity (Wildman–Crippen MR) is 94.6 cm³/mol. The predicted octanol–water partition coefficient (Wildman–Crippen LogP) is 1.94. The molecule has 0 aliphatic carbocycles. The summed E-state index contributed by atoms with van der Waals surface area (Å²) in [6.07, 6.45) is 2.85. The van der Waals surface area contributed by atoms with Gasteiger partial charge in [0.1, 0.15) is 11.4 Å². The van der Waals surface area contributed by atoms with Crippen LogP contribution in [-0.2, 0) is 11.2 Å². The van der Waals surface area contributed by atoms with E-state index >= 15 is 0 Å². The molecular formula is C19H23N3O3. The molecule has 1 aliphatic heterocycles. The summed E-state index contributed by atoms with van der Waals surface area (Å²) in [6, 6.07) is 11.3. The molecular weight excluding hydrogens is 318 g/mol. The van der Waals surface area contributed by atoms with Crippen LogP contribution in [0.15, 0.2) is 42.6 Å². The van der Waals surface area contributed by atoms with Crippen molar-refractivity contribution in [2.24, 2.45) is 0 Å².